The summed E-state index contributed by atoms with van der Waals surface area (Å²) in [6, 6.07) is 4.05. The molecule has 0 atom stereocenters. The summed E-state index contributed by atoms with van der Waals surface area (Å²) in [4.78, 5) is 13.3. The molecule has 1 aromatic rings. The Kier molecular flexibility index (Phi) is 4.77. The summed E-state index contributed by atoms with van der Waals surface area (Å²) in [5, 5.41) is 0. The van der Waals surface area contributed by atoms with E-state index in [9.17, 15) is 4.79 Å². The van der Waals surface area contributed by atoms with Gasteiger partial charge in [0, 0.05) is 17.2 Å². The van der Waals surface area contributed by atoms with Gasteiger partial charge in [0.05, 0.1) is 3.79 Å². The molecule has 2 rings (SSSR count). The van der Waals surface area contributed by atoms with Gasteiger partial charge in [0.1, 0.15) is 5.78 Å². The first-order valence-corrected chi connectivity index (χ1v) is 7.77. The van der Waals surface area contributed by atoms with Gasteiger partial charge in [-0.05, 0) is 66.2 Å². The molecule has 1 aliphatic rings. The molecular formula is C13H18BrNOS. The minimum Gasteiger partial charge on any atom is -0.330 e. The van der Waals surface area contributed by atoms with E-state index in [1.807, 2.05) is 12.1 Å². The Balaban J connectivity index is 1.85. The highest BCUT2D eigenvalue weighted by molar-refractivity contribution is 9.11. The molecular weight excluding hydrogens is 298 g/mol. The highest BCUT2D eigenvalue weighted by Gasteiger charge is 2.25. The molecule has 0 aliphatic heterocycles. The maximum atomic E-state index is 12.1. The van der Waals surface area contributed by atoms with E-state index in [0.29, 0.717) is 18.1 Å². The van der Waals surface area contributed by atoms with Crippen LogP contribution in [-0.2, 0) is 11.2 Å². The third-order valence-corrected chi connectivity index (χ3v) is 5.24. The van der Waals surface area contributed by atoms with E-state index in [-0.39, 0.29) is 5.92 Å². The lowest BCUT2D eigenvalue weighted by Gasteiger charge is -2.26. The van der Waals surface area contributed by atoms with Crippen LogP contribution in [0.2, 0.25) is 0 Å². The van der Waals surface area contributed by atoms with E-state index >= 15 is 0 Å². The van der Waals surface area contributed by atoms with Crippen molar-refractivity contribution in [3.05, 3.63) is 20.8 Å². The minimum atomic E-state index is 0.277. The lowest BCUT2D eigenvalue weighted by Crippen LogP contribution is -2.26. The number of carbonyl (C=O) groups is 1. The van der Waals surface area contributed by atoms with Crippen LogP contribution in [0.3, 0.4) is 0 Å². The minimum absolute atomic E-state index is 0.277. The van der Waals surface area contributed by atoms with Crippen LogP contribution in [0.5, 0.6) is 0 Å². The van der Waals surface area contributed by atoms with Crippen LogP contribution in [0.25, 0.3) is 0 Å². The van der Waals surface area contributed by atoms with E-state index < -0.39 is 0 Å². The molecule has 0 saturated heterocycles. The summed E-state index contributed by atoms with van der Waals surface area (Å²) in [6.07, 6.45) is 4.93. The smallest absolute Gasteiger partial charge is 0.141 e. The van der Waals surface area contributed by atoms with Gasteiger partial charge in [-0.1, -0.05) is 0 Å². The van der Waals surface area contributed by atoms with E-state index in [2.05, 4.69) is 15.9 Å². The van der Waals surface area contributed by atoms with Gasteiger partial charge < -0.3 is 5.73 Å². The van der Waals surface area contributed by atoms with Crippen molar-refractivity contribution in [1.82, 2.24) is 0 Å². The summed E-state index contributed by atoms with van der Waals surface area (Å²) in [5.41, 5.74) is 5.66. The third-order valence-electron chi connectivity index (χ3n) is 3.61. The average Bonchev–Trinajstić information content (AvgIpc) is 2.75. The van der Waals surface area contributed by atoms with Gasteiger partial charge in [-0.15, -0.1) is 11.3 Å². The van der Waals surface area contributed by atoms with Gasteiger partial charge in [0.15, 0.2) is 0 Å². The van der Waals surface area contributed by atoms with Crippen LogP contribution in [0, 0.1) is 11.8 Å². The van der Waals surface area contributed by atoms with Crippen molar-refractivity contribution in [3.63, 3.8) is 0 Å². The van der Waals surface area contributed by atoms with Crippen LogP contribution in [0.4, 0.5) is 0 Å². The van der Waals surface area contributed by atoms with Crippen molar-refractivity contribution in [2.45, 2.75) is 32.1 Å². The Bertz CT molecular complexity index is 383. The van der Waals surface area contributed by atoms with Crippen LogP contribution < -0.4 is 5.73 Å². The summed E-state index contributed by atoms with van der Waals surface area (Å²) >= 11 is 5.09. The number of carbonyl (C=O) groups excluding carboxylic acids is 1. The highest BCUT2D eigenvalue weighted by atomic mass is 79.9. The number of thiophene rings is 1. The normalized spacial score (nSPS) is 24.8. The van der Waals surface area contributed by atoms with Crippen molar-refractivity contribution in [2.24, 2.45) is 17.6 Å². The lowest BCUT2D eigenvalue weighted by molar-refractivity contribution is -0.123. The van der Waals surface area contributed by atoms with Gasteiger partial charge in [-0.2, -0.15) is 0 Å². The number of Topliss-reactive ketones (excluding diaryl/α,β-unsaturated/α-hetero) is 1. The van der Waals surface area contributed by atoms with Crippen LogP contribution in [0.15, 0.2) is 15.9 Å². The number of halogens is 1. The zero-order valence-corrected chi connectivity index (χ0v) is 12.2. The van der Waals surface area contributed by atoms with Crippen molar-refractivity contribution < 1.29 is 4.79 Å². The van der Waals surface area contributed by atoms with Gasteiger partial charge >= 0.3 is 0 Å². The second-order valence-corrected chi connectivity index (χ2v) is 7.35. The SMILES string of the molecule is NCC1CCC(C(=O)Cc2ccc(Br)s2)CC1. The molecule has 1 saturated carbocycles. The first-order chi connectivity index (χ1) is 8.19. The van der Waals surface area contributed by atoms with E-state index in [1.54, 1.807) is 11.3 Å². The number of nitrogens with two attached hydrogens (primary N) is 1. The van der Waals surface area contributed by atoms with Crippen LogP contribution >= 0.6 is 27.3 Å². The second kappa shape index (κ2) is 6.12. The number of hydrogen-bond acceptors (Lipinski definition) is 3. The Morgan fingerprint density at radius 1 is 1.35 bits per heavy atom. The van der Waals surface area contributed by atoms with Crippen LogP contribution in [-0.4, -0.2) is 12.3 Å². The Labute approximate surface area is 115 Å². The van der Waals surface area contributed by atoms with E-state index in [4.69, 9.17) is 5.73 Å². The van der Waals surface area contributed by atoms with Crippen molar-refractivity contribution in [2.75, 3.05) is 6.54 Å². The average molecular weight is 316 g/mol. The molecule has 0 bridgehead atoms. The number of ketones is 1. The molecule has 94 valence electrons. The molecule has 0 spiro atoms. The van der Waals surface area contributed by atoms with Gasteiger partial charge in [0.2, 0.25) is 0 Å². The Morgan fingerprint density at radius 3 is 2.59 bits per heavy atom. The molecule has 17 heavy (non-hydrogen) atoms. The molecule has 2 nitrogen and oxygen atoms in total. The molecule has 0 radical (unpaired) electrons. The topological polar surface area (TPSA) is 43.1 Å². The predicted molar refractivity (Wildman–Crippen MR) is 75.2 cm³/mol. The number of hydrogen-bond donors (Lipinski definition) is 1. The molecule has 0 amide bonds. The zero-order chi connectivity index (χ0) is 12.3. The van der Waals surface area contributed by atoms with Crippen molar-refractivity contribution in [1.29, 1.82) is 0 Å². The lowest BCUT2D eigenvalue weighted by atomic mass is 9.79. The summed E-state index contributed by atoms with van der Waals surface area (Å²) in [7, 11) is 0. The Morgan fingerprint density at radius 2 is 2.06 bits per heavy atom. The third kappa shape index (κ3) is 3.63. The zero-order valence-electron chi connectivity index (χ0n) is 9.82. The molecule has 0 unspecified atom stereocenters. The molecule has 1 aliphatic carbocycles. The molecule has 2 N–H and O–H groups in total. The monoisotopic (exact) mass is 315 g/mol. The molecule has 4 heteroatoms. The largest absolute Gasteiger partial charge is 0.330 e. The summed E-state index contributed by atoms with van der Waals surface area (Å²) < 4.78 is 1.10. The maximum absolute atomic E-state index is 12.1. The molecule has 1 fully saturated rings. The maximum Gasteiger partial charge on any atom is 0.141 e. The second-order valence-electron chi connectivity index (χ2n) is 4.80. The first kappa shape index (κ1) is 13.2. The fourth-order valence-corrected chi connectivity index (χ4v) is 3.98. The quantitative estimate of drug-likeness (QED) is 0.925. The van der Waals surface area contributed by atoms with E-state index in [1.165, 1.54) is 4.88 Å². The fourth-order valence-electron chi connectivity index (χ4n) is 2.48. The fraction of sp³-hybridized carbons (Fsp3) is 0.615. The van der Waals surface area contributed by atoms with Crippen LogP contribution in [0.1, 0.15) is 30.6 Å². The summed E-state index contributed by atoms with van der Waals surface area (Å²) in [6.45, 7) is 0.777. The van der Waals surface area contributed by atoms with Crippen molar-refractivity contribution in [3.8, 4) is 0 Å². The number of rotatable bonds is 4. The van der Waals surface area contributed by atoms with Gasteiger partial charge in [-0.25, -0.2) is 0 Å². The Hall–Kier alpha value is -0.190. The standard InChI is InChI=1S/C13H18BrNOS/c14-13-6-5-11(17-13)7-12(16)10-3-1-9(8-15)2-4-10/h5-6,9-10H,1-4,7-8,15H2. The summed E-state index contributed by atoms with van der Waals surface area (Å²) in [5.74, 6) is 1.34. The molecule has 1 heterocycles. The van der Waals surface area contributed by atoms with Gasteiger partial charge in [-0.3, -0.25) is 4.79 Å². The highest BCUT2D eigenvalue weighted by Crippen LogP contribution is 2.30. The first-order valence-electron chi connectivity index (χ1n) is 6.16. The molecule has 0 aromatic carbocycles. The van der Waals surface area contributed by atoms with Gasteiger partial charge in [0.25, 0.3) is 0 Å². The molecule has 1 aromatic heterocycles. The van der Waals surface area contributed by atoms with E-state index in [0.717, 1.165) is 36.0 Å². The van der Waals surface area contributed by atoms with Crippen molar-refractivity contribution >= 4 is 33.0 Å². The predicted octanol–water partition coefficient (Wildman–Crippen LogP) is 3.39.